The van der Waals surface area contributed by atoms with Crippen LogP contribution in [-0.4, -0.2) is 16.7 Å². The Morgan fingerprint density at radius 1 is 1.29 bits per heavy atom. The quantitative estimate of drug-likeness (QED) is 0.781. The van der Waals surface area contributed by atoms with Gasteiger partial charge in [-0.1, -0.05) is 20.8 Å². The predicted octanol–water partition coefficient (Wildman–Crippen LogP) is 1.76. The van der Waals surface area contributed by atoms with Crippen molar-refractivity contribution >= 4 is 0 Å². The van der Waals surface area contributed by atoms with Crippen LogP contribution in [0.4, 0.5) is 0 Å². The van der Waals surface area contributed by atoms with Crippen molar-refractivity contribution in [3.05, 3.63) is 11.8 Å². The van der Waals surface area contributed by atoms with Crippen molar-refractivity contribution in [1.82, 2.24) is 15.5 Å². The number of aromatic nitrogens is 2. The maximum Gasteiger partial charge on any atom is 0.230 e. The SMILES string of the molecule is Cc1nnc(CNCC(C)C(C)C)o1. The lowest BCUT2D eigenvalue weighted by molar-refractivity contribution is 0.374. The van der Waals surface area contributed by atoms with E-state index in [1.54, 1.807) is 6.92 Å². The maximum absolute atomic E-state index is 5.24. The Kier molecular flexibility index (Phi) is 4.07. The first-order valence-electron chi connectivity index (χ1n) is 5.09. The molecule has 14 heavy (non-hydrogen) atoms. The first-order valence-corrected chi connectivity index (χ1v) is 5.09. The molecule has 0 aromatic carbocycles. The lowest BCUT2D eigenvalue weighted by atomic mass is 9.98. The van der Waals surface area contributed by atoms with E-state index in [0.29, 0.717) is 30.2 Å². The predicted molar refractivity (Wildman–Crippen MR) is 54.7 cm³/mol. The third-order valence-electron chi connectivity index (χ3n) is 2.45. The average Bonchev–Trinajstić information content (AvgIpc) is 2.51. The Morgan fingerprint density at radius 2 is 2.00 bits per heavy atom. The lowest BCUT2D eigenvalue weighted by Crippen LogP contribution is -2.23. The summed E-state index contributed by atoms with van der Waals surface area (Å²) in [6, 6.07) is 0. The number of nitrogens with zero attached hydrogens (tertiary/aromatic N) is 2. The molecule has 1 aromatic heterocycles. The molecule has 0 aliphatic carbocycles. The van der Waals surface area contributed by atoms with Crippen LogP contribution < -0.4 is 5.32 Å². The van der Waals surface area contributed by atoms with Gasteiger partial charge in [0.25, 0.3) is 0 Å². The van der Waals surface area contributed by atoms with E-state index in [-0.39, 0.29) is 0 Å². The summed E-state index contributed by atoms with van der Waals surface area (Å²) in [6.07, 6.45) is 0. The van der Waals surface area contributed by atoms with Gasteiger partial charge >= 0.3 is 0 Å². The Balaban J connectivity index is 2.22. The second-order valence-electron chi connectivity index (χ2n) is 4.07. The minimum atomic E-state index is 0.624. The van der Waals surface area contributed by atoms with Crippen LogP contribution in [0.15, 0.2) is 4.42 Å². The monoisotopic (exact) mass is 197 g/mol. The molecule has 0 fully saturated rings. The molecular weight excluding hydrogens is 178 g/mol. The molecule has 4 nitrogen and oxygen atoms in total. The van der Waals surface area contributed by atoms with E-state index < -0.39 is 0 Å². The molecule has 0 radical (unpaired) electrons. The van der Waals surface area contributed by atoms with Gasteiger partial charge < -0.3 is 9.73 Å². The van der Waals surface area contributed by atoms with Crippen molar-refractivity contribution in [2.45, 2.75) is 34.2 Å². The van der Waals surface area contributed by atoms with E-state index in [2.05, 4.69) is 36.3 Å². The standard InChI is InChI=1S/C10H19N3O/c1-7(2)8(3)5-11-6-10-13-12-9(4)14-10/h7-8,11H,5-6H2,1-4H3. The van der Waals surface area contributed by atoms with E-state index in [9.17, 15) is 0 Å². The van der Waals surface area contributed by atoms with E-state index in [1.165, 1.54) is 0 Å². The summed E-state index contributed by atoms with van der Waals surface area (Å²) >= 11 is 0. The lowest BCUT2D eigenvalue weighted by Gasteiger charge is -2.14. The highest BCUT2D eigenvalue weighted by atomic mass is 16.4. The van der Waals surface area contributed by atoms with Gasteiger partial charge in [-0.3, -0.25) is 0 Å². The number of hydrogen-bond acceptors (Lipinski definition) is 4. The van der Waals surface area contributed by atoms with Gasteiger partial charge in [0.05, 0.1) is 6.54 Å². The van der Waals surface area contributed by atoms with Crippen LogP contribution in [0.2, 0.25) is 0 Å². The first kappa shape index (κ1) is 11.2. The third kappa shape index (κ3) is 3.46. The molecule has 1 N–H and O–H groups in total. The second-order valence-corrected chi connectivity index (χ2v) is 4.07. The molecule has 0 spiro atoms. The van der Waals surface area contributed by atoms with Crippen LogP contribution in [0.25, 0.3) is 0 Å². The molecule has 0 amide bonds. The summed E-state index contributed by atoms with van der Waals surface area (Å²) in [6.45, 7) is 10.1. The van der Waals surface area contributed by atoms with Gasteiger partial charge in [0.1, 0.15) is 0 Å². The molecule has 80 valence electrons. The van der Waals surface area contributed by atoms with Gasteiger partial charge in [-0.05, 0) is 18.4 Å². The Morgan fingerprint density at radius 3 is 2.50 bits per heavy atom. The molecule has 1 unspecified atom stereocenters. The summed E-state index contributed by atoms with van der Waals surface area (Å²) in [5.74, 6) is 2.66. The zero-order valence-corrected chi connectivity index (χ0v) is 9.37. The summed E-state index contributed by atoms with van der Waals surface area (Å²) in [5, 5.41) is 11.0. The van der Waals surface area contributed by atoms with Gasteiger partial charge in [-0.15, -0.1) is 10.2 Å². The van der Waals surface area contributed by atoms with Gasteiger partial charge in [-0.2, -0.15) is 0 Å². The van der Waals surface area contributed by atoms with Crippen LogP contribution >= 0.6 is 0 Å². The molecule has 1 rings (SSSR count). The largest absolute Gasteiger partial charge is 0.424 e. The Bertz CT molecular complexity index is 270. The smallest absolute Gasteiger partial charge is 0.230 e. The Hall–Kier alpha value is -0.900. The maximum atomic E-state index is 5.24. The molecule has 0 aliphatic heterocycles. The molecule has 4 heteroatoms. The normalized spacial score (nSPS) is 13.5. The summed E-state index contributed by atoms with van der Waals surface area (Å²) in [5.41, 5.74) is 0. The molecule has 0 saturated carbocycles. The number of rotatable bonds is 5. The summed E-state index contributed by atoms with van der Waals surface area (Å²) in [7, 11) is 0. The molecule has 0 saturated heterocycles. The van der Waals surface area contributed by atoms with Crippen LogP contribution in [-0.2, 0) is 6.54 Å². The first-order chi connectivity index (χ1) is 6.59. The highest BCUT2D eigenvalue weighted by Gasteiger charge is 2.07. The van der Waals surface area contributed by atoms with Crippen molar-refractivity contribution in [3.63, 3.8) is 0 Å². The van der Waals surface area contributed by atoms with E-state index in [1.807, 2.05) is 0 Å². The number of hydrogen-bond donors (Lipinski definition) is 1. The number of aryl methyl sites for hydroxylation is 1. The molecule has 1 atom stereocenters. The average molecular weight is 197 g/mol. The zero-order valence-electron chi connectivity index (χ0n) is 9.37. The van der Waals surface area contributed by atoms with Crippen molar-refractivity contribution in [3.8, 4) is 0 Å². The molecular formula is C10H19N3O. The summed E-state index contributed by atoms with van der Waals surface area (Å²) in [4.78, 5) is 0. The minimum absolute atomic E-state index is 0.624. The number of nitrogens with one attached hydrogen (secondary N) is 1. The van der Waals surface area contributed by atoms with Gasteiger partial charge in [0, 0.05) is 6.92 Å². The van der Waals surface area contributed by atoms with Gasteiger partial charge in [-0.25, -0.2) is 0 Å². The van der Waals surface area contributed by atoms with E-state index in [4.69, 9.17) is 4.42 Å². The molecule has 1 heterocycles. The van der Waals surface area contributed by atoms with Crippen LogP contribution in [0.5, 0.6) is 0 Å². The summed E-state index contributed by atoms with van der Waals surface area (Å²) < 4.78 is 5.24. The fourth-order valence-electron chi connectivity index (χ4n) is 1.05. The van der Waals surface area contributed by atoms with Crippen molar-refractivity contribution in [2.24, 2.45) is 11.8 Å². The zero-order chi connectivity index (χ0) is 10.6. The van der Waals surface area contributed by atoms with Crippen LogP contribution in [0.1, 0.15) is 32.6 Å². The highest BCUT2D eigenvalue weighted by molar-refractivity contribution is 4.78. The highest BCUT2D eigenvalue weighted by Crippen LogP contribution is 2.07. The third-order valence-corrected chi connectivity index (χ3v) is 2.45. The van der Waals surface area contributed by atoms with E-state index in [0.717, 1.165) is 6.54 Å². The van der Waals surface area contributed by atoms with Crippen LogP contribution in [0.3, 0.4) is 0 Å². The van der Waals surface area contributed by atoms with Gasteiger partial charge in [0.2, 0.25) is 11.8 Å². The topological polar surface area (TPSA) is 51.0 Å². The minimum Gasteiger partial charge on any atom is -0.424 e. The molecule has 0 bridgehead atoms. The van der Waals surface area contributed by atoms with Gasteiger partial charge in [0.15, 0.2) is 0 Å². The second kappa shape index (κ2) is 5.10. The van der Waals surface area contributed by atoms with Crippen molar-refractivity contribution in [2.75, 3.05) is 6.54 Å². The van der Waals surface area contributed by atoms with Crippen molar-refractivity contribution in [1.29, 1.82) is 0 Å². The van der Waals surface area contributed by atoms with Crippen molar-refractivity contribution < 1.29 is 4.42 Å². The fraction of sp³-hybridized carbons (Fsp3) is 0.800. The molecule has 0 aliphatic rings. The van der Waals surface area contributed by atoms with Crippen LogP contribution in [0, 0.1) is 18.8 Å². The Labute approximate surface area is 85.1 Å². The van der Waals surface area contributed by atoms with E-state index >= 15 is 0 Å². The molecule has 1 aromatic rings. The fourth-order valence-corrected chi connectivity index (χ4v) is 1.05.